The quantitative estimate of drug-likeness (QED) is 0.0647. The van der Waals surface area contributed by atoms with E-state index in [1.807, 2.05) is 50.2 Å². The van der Waals surface area contributed by atoms with Crippen LogP contribution in [0.2, 0.25) is 0 Å². The highest BCUT2D eigenvalue weighted by atomic mass is 32.2. The zero-order valence-electron chi connectivity index (χ0n) is 37.0. The molecule has 0 atom stereocenters. The van der Waals surface area contributed by atoms with Crippen LogP contribution < -0.4 is 16.0 Å². The molecule has 1 heterocycles. The highest BCUT2D eigenvalue weighted by Crippen LogP contribution is 2.34. The van der Waals surface area contributed by atoms with Crippen molar-refractivity contribution in [1.29, 1.82) is 0 Å². The lowest BCUT2D eigenvalue weighted by Gasteiger charge is -2.30. The van der Waals surface area contributed by atoms with Gasteiger partial charge in [0.2, 0.25) is 11.8 Å². The molecule has 11 nitrogen and oxygen atoms in total. The van der Waals surface area contributed by atoms with Crippen LogP contribution in [0.3, 0.4) is 0 Å². The average molecular weight is 854 g/mol. The Hall–Kier alpha value is -4.75. The molecule has 12 heteroatoms. The molecule has 5 N–H and O–H groups in total. The van der Waals surface area contributed by atoms with Gasteiger partial charge in [0.1, 0.15) is 0 Å². The van der Waals surface area contributed by atoms with Crippen LogP contribution in [-0.2, 0) is 28.1 Å². The van der Waals surface area contributed by atoms with Crippen molar-refractivity contribution < 1.29 is 29.3 Å². The summed E-state index contributed by atoms with van der Waals surface area (Å²) in [5, 5.41) is 21.5. The average Bonchev–Trinajstić information content (AvgIpc) is 3.26. The second kappa shape index (κ2) is 24.0. The second-order valence-corrected chi connectivity index (χ2v) is 18.2. The SMILES string of the molecule is CCN(CC)c1ccc(NC(=O)c2cccc(CSC(C)(C)CCOC(C)(C)CCC(=O)N(CCO)CCO)c2)c(-c2cc(C(N)=O)ccn2)c1.c1ccc2c(c1)CCCC2. The molecular weight excluding hydrogens is 787 g/mol. The molecule has 1 aromatic heterocycles. The Morgan fingerprint density at radius 2 is 1.51 bits per heavy atom. The minimum Gasteiger partial charge on any atom is -0.395 e. The molecule has 0 radical (unpaired) electrons. The van der Waals surface area contributed by atoms with E-state index >= 15 is 0 Å². The van der Waals surface area contributed by atoms with Crippen molar-refractivity contribution in [2.24, 2.45) is 5.73 Å². The van der Waals surface area contributed by atoms with Gasteiger partial charge < -0.3 is 35.8 Å². The van der Waals surface area contributed by atoms with Gasteiger partial charge in [-0.25, -0.2) is 0 Å². The molecule has 0 bridgehead atoms. The fraction of sp³-hybridized carbons (Fsp3) is 0.469. The molecule has 330 valence electrons. The largest absolute Gasteiger partial charge is 0.395 e. The Bertz CT molecular complexity index is 2000. The first-order valence-electron chi connectivity index (χ1n) is 21.6. The van der Waals surface area contributed by atoms with Crippen molar-refractivity contribution in [3.63, 3.8) is 0 Å². The summed E-state index contributed by atoms with van der Waals surface area (Å²) in [6.45, 7) is 14.7. The van der Waals surface area contributed by atoms with E-state index in [0.29, 0.717) is 46.9 Å². The summed E-state index contributed by atoms with van der Waals surface area (Å²) in [4.78, 5) is 46.2. The van der Waals surface area contributed by atoms with Gasteiger partial charge in [-0.1, -0.05) is 50.2 Å². The van der Waals surface area contributed by atoms with Gasteiger partial charge in [0, 0.05) is 78.3 Å². The van der Waals surface area contributed by atoms with Crippen molar-refractivity contribution in [2.45, 2.75) is 103 Å². The number of hydrogen-bond acceptors (Lipinski definition) is 9. The molecule has 0 spiro atoms. The molecule has 1 aliphatic carbocycles. The van der Waals surface area contributed by atoms with E-state index in [2.05, 4.69) is 67.2 Å². The summed E-state index contributed by atoms with van der Waals surface area (Å²) in [5.74, 6) is -0.217. The van der Waals surface area contributed by atoms with Gasteiger partial charge in [-0.3, -0.25) is 19.4 Å². The normalized spacial score (nSPS) is 12.5. The maximum absolute atomic E-state index is 13.6. The number of nitrogens with zero attached hydrogens (tertiary/aromatic N) is 3. The number of thioether (sulfide) groups is 1. The summed E-state index contributed by atoms with van der Waals surface area (Å²) in [5.41, 5.74) is 12.9. The molecule has 3 amide bonds. The molecule has 0 fully saturated rings. The number of benzene rings is 3. The van der Waals surface area contributed by atoms with Gasteiger partial charge in [0.15, 0.2) is 0 Å². The number of rotatable bonds is 21. The predicted molar refractivity (Wildman–Crippen MR) is 249 cm³/mol. The van der Waals surface area contributed by atoms with Gasteiger partial charge in [-0.2, -0.15) is 11.8 Å². The van der Waals surface area contributed by atoms with E-state index in [-0.39, 0.29) is 49.3 Å². The lowest BCUT2D eigenvalue weighted by molar-refractivity contribution is -0.134. The summed E-state index contributed by atoms with van der Waals surface area (Å²) in [6, 6.07) is 25.4. The molecule has 1 aliphatic rings. The standard InChI is InChI=1S/C39H55N5O6S.C10H12/c1-7-43(8-2)31-12-13-33(32(26-31)34-25-29(36(40)48)15-18-41-34)42-37(49)30-11-9-10-28(24-30)27-51-39(5,6)17-23-50-38(3,4)16-14-35(47)44(19-21-45)20-22-46;1-2-6-10-8-4-3-7-9(10)5-1/h9-13,15,18,24-26,45-46H,7-8,14,16-17,19-23,27H2,1-6H3,(H2,40,48)(H,42,49);1-2,5-6H,3-4,7-8H2. The Labute approximate surface area is 367 Å². The lowest BCUT2D eigenvalue weighted by atomic mass is 9.92. The molecule has 4 aromatic rings. The number of nitrogens with one attached hydrogen (secondary N) is 1. The number of aliphatic hydroxyl groups excluding tert-OH is 2. The van der Waals surface area contributed by atoms with Crippen LogP contribution >= 0.6 is 11.8 Å². The van der Waals surface area contributed by atoms with Crippen molar-refractivity contribution in [2.75, 3.05) is 56.2 Å². The maximum Gasteiger partial charge on any atom is 0.255 e. The highest BCUT2D eigenvalue weighted by Gasteiger charge is 2.25. The Morgan fingerprint density at radius 3 is 2.13 bits per heavy atom. The molecule has 0 aliphatic heterocycles. The number of carbonyl (C=O) groups excluding carboxylic acids is 3. The third-order valence-corrected chi connectivity index (χ3v) is 12.5. The van der Waals surface area contributed by atoms with Crippen LogP contribution in [0.15, 0.2) is 85.1 Å². The zero-order valence-corrected chi connectivity index (χ0v) is 37.9. The van der Waals surface area contributed by atoms with Gasteiger partial charge in [-0.15, -0.1) is 0 Å². The number of nitrogens with two attached hydrogens (primary N) is 1. The van der Waals surface area contributed by atoms with E-state index in [4.69, 9.17) is 10.5 Å². The van der Waals surface area contributed by atoms with E-state index in [1.165, 1.54) is 30.6 Å². The second-order valence-electron chi connectivity index (χ2n) is 16.6. The Balaban J connectivity index is 0.000000706. The number of fused-ring (bicyclic) bond motifs is 1. The Morgan fingerprint density at radius 1 is 0.836 bits per heavy atom. The van der Waals surface area contributed by atoms with Crippen LogP contribution in [0.1, 0.15) is 111 Å². The third kappa shape index (κ3) is 15.6. The first-order chi connectivity index (χ1) is 29.2. The zero-order chi connectivity index (χ0) is 44.4. The van der Waals surface area contributed by atoms with Gasteiger partial charge in [0.25, 0.3) is 5.91 Å². The van der Waals surface area contributed by atoms with Crippen molar-refractivity contribution in [1.82, 2.24) is 9.88 Å². The number of aryl methyl sites for hydroxylation is 2. The number of amides is 3. The number of primary amides is 1. The minimum absolute atomic E-state index is 0.109. The van der Waals surface area contributed by atoms with E-state index in [1.54, 1.807) is 47.3 Å². The maximum atomic E-state index is 13.6. The first kappa shape index (κ1) is 48.9. The summed E-state index contributed by atoms with van der Waals surface area (Å²) < 4.78 is 6.09. The van der Waals surface area contributed by atoms with Crippen LogP contribution in [-0.4, -0.2) is 94.2 Å². The molecule has 0 unspecified atom stereocenters. The van der Waals surface area contributed by atoms with E-state index < -0.39 is 11.5 Å². The summed E-state index contributed by atoms with van der Waals surface area (Å²) in [6.07, 6.45) is 8.50. The molecule has 3 aromatic carbocycles. The number of ether oxygens (including phenoxy) is 1. The van der Waals surface area contributed by atoms with Crippen LogP contribution in [0.25, 0.3) is 11.3 Å². The molecule has 5 rings (SSSR count). The fourth-order valence-corrected chi connectivity index (χ4v) is 8.17. The van der Waals surface area contributed by atoms with Crippen LogP contribution in [0.5, 0.6) is 0 Å². The monoisotopic (exact) mass is 853 g/mol. The van der Waals surface area contributed by atoms with Gasteiger partial charge in [-0.05, 0) is 125 Å². The third-order valence-electron chi connectivity index (χ3n) is 11.0. The molecular formula is C49H67N5O6S. The molecule has 61 heavy (non-hydrogen) atoms. The van der Waals surface area contributed by atoms with Crippen molar-refractivity contribution in [3.05, 3.63) is 113 Å². The van der Waals surface area contributed by atoms with Crippen LogP contribution in [0.4, 0.5) is 11.4 Å². The topological polar surface area (TPSA) is 158 Å². The highest BCUT2D eigenvalue weighted by molar-refractivity contribution is 7.99. The number of aliphatic hydroxyl groups is 2. The molecule has 0 saturated carbocycles. The van der Waals surface area contributed by atoms with Gasteiger partial charge in [0.05, 0.1) is 30.2 Å². The van der Waals surface area contributed by atoms with E-state index in [9.17, 15) is 24.6 Å². The van der Waals surface area contributed by atoms with Crippen molar-refractivity contribution >= 4 is 40.9 Å². The number of anilines is 2. The number of carbonyl (C=O) groups is 3. The smallest absolute Gasteiger partial charge is 0.255 e. The van der Waals surface area contributed by atoms with Crippen molar-refractivity contribution in [3.8, 4) is 11.3 Å². The Kier molecular flexibility index (Phi) is 19.3. The summed E-state index contributed by atoms with van der Waals surface area (Å²) in [7, 11) is 0. The number of hydrogen-bond donors (Lipinski definition) is 4. The number of aromatic nitrogens is 1. The molecule has 0 saturated heterocycles. The lowest BCUT2D eigenvalue weighted by Crippen LogP contribution is -2.37. The summed E-state index contributed by atoms with van der Waals surface area (Å²) >= 11 is 1.78. The fourth-order valence-electron chi connectivity index (χ4n) is 7.21. The number of pyridine rings is 1. The predicted octanol–water partition coefficient (Wildman–Crippen LogP) is 8.30. The first-order valence-corrected chi connectivity index (χ1v) is 22.6. The minimum atomic E-state index is -0.552. The van der Waals surface area contributed by atoms with Crippen LogP contribution in [0, 0.1) is 0 Å². The van der Waals surface area contributed by atoms with E-state index in [0.717, 1.165) is 30.8 Å². The van der Waals surface area contributed by atoms with Gasteiger partial charge >= 0.3 is 0 Å².